The Hall–Kier alpha value is -1.00. The number of nitrogens with two attached hydrogens (primary N) is 1. The van der Waals surface area contributed by atoms with E-state index >= 15 is 0 Å². The predicted molar refractivity (Wildman–Crippen MR) is 74.9 cm³/mol. The second kappa shape index (κ2) is 8.23. The molecular weight excluding hydrogens is 246 g/mol. The highest BCUT2D eigenvalue weighted by Crippen LogP contribution is 2.17. The van der Waals surface area contributed by atoms with E-state index in [1.54, 1.807) is 0 Å². The van der Waals surface area contributed by atoms with Crippen molar-refractivity contribution in [2.45, 2.75) is 39.2 Å². The van der Waals surface area contributed by atoms with E-state index in [0.717, 1.165) is 38.5 Å². The molecule has 0 fully saturated rings. The molecule has 0 bridgehead atoms. The zero-order valence-electron chi connectivity index (χ0n) is 11.8. The lowest BCUT2D eigenvalue weighted by atomic mass is 10.0. The van der Waals surface area contributed by atoms with Gasteiger partial charge in [0.05, 0.1) is 0 Å². The minimum absolute atomic E-state index is 0.319. The van der Waals surface area contributed by atoms with Crippen molar-refractivity contribution in [3.05, 3.63) is 35.4 Å². The molecule has 0 saturated heterocycles. The molecule has 0 amide bonds. The maximum absolute atomic E-state index is 13.1. The zero-order valence-corrected chi connectivity index (χ0v) is 11.8. The van der Waals surface area contributed by atoms with E-state index in [1.165, 1.54) is 12.1 Å². The van der Waals surface area contributed by atoms with Crippen LogP contribution in [0.2, 0.25) is 0 Å². The monoisotopic (exact) mass is 270 g/mol. The van der Waals surface area contributed by atoms with E-state index in [4.69, 9.17) is 5.73 Å². The summed E-state index contributed by atoms with van der Waals surface area (Å²) in [5.74, 6) is -1.13. The molecule has 0 aliphatic heterocycles. The second-order valence-corrected chi connectivity index (χ2v) is 4.89. The fourth-order valence-corrected chi connectivity index (χ4v) is 2.09. The molecule has 1 unspecified atom stereocenters. The smallest absolute Gasteiger partial charge is 0.126 e. The van der Waals surface area contributed by atoms with Crippen LogP contribution >= 0.6 is 0 Å². The second-order valence-electron chi connectivity index (χ2n) is 4.89. The van der Waals surface area contributed by atoms with Crippen LogP contribution < -0.4 is 5.73 Å². The first-order valence-corrected chi connectivity index (χ1v) is 7.00. The summed E-state index contributed by atoms with van der Waals surface area (Å²) in [4.78, 5) is 2.32. The average Bonchev–Trinajstić information content (AvgIpc) is 2.37. The topological polar surface area (TPSA) is 29.3 Å². The SMILES string of the molecule is CCCCN(CC)CCC(N)c1cc(F)cc(F)c1. The van der Waals surface area contributed by atoms with Crippen molar-refractivity contribution in [3.63, 3.8) is 0 Å². The summed E-state index contributed by atoms with van der Waals surface area (Å²) in [5.41, 5.74) is 6.54. The highest BCUT2D eigenvalue weighted by molar-refractivity contribution is 5.21. The minimum Gasteiger partial charge on any atom is -0.324 e. The van der Waals surface area contributed by atoms with Gasteiger partial charge in [0.2, 0.25) is 0 Å². The molecule has 0 heterocycles. The Kier molecular flexibility index (Phi) is 6.95. The molecular formula is C15H24F2N2. The summed E-state index contributed by atoms with van der Waals surface area (Å²) in [5, 5.41) is 0. The molecule has 4 heteroatoms. The molecule has 0 aliphatic carbocycles. The molecule has 0 aliphatic rings. The number of benzene rings is 1. The fourth-order valence-electron chi connectivity index (χ4n) is 2.09. The molecule has 1 aromatic rings. The third-order valence-corrected chi connectivity index (χ3v) is 3.34. The van der Waals surface area contributed by atoms with E-state index < -0.39 is 11.6 Å². The lowest BCUT2D eigenvalue weighted by Crippen LogP contribution is -2.28. The minimum atomic E-state index is -0.566. The Morgan fingerprint density at radius 2 is 1.74 bits per heavy atom. The number of unbranched alkanes of at least 4 members (excludes halogenated alkanes) is 1. The van der Waals surface area contributed by atoms with Crippen molar-refractivity contribution >= 4 is 0 Å². The van der Waals surface area contributed by atoms with Crippen molar-refractivity contribution in [2.24, 2.45) is 5.73 Å². The third kappa shape index (κ3) is 5.66. The Morgan fingerprint density at radius 1 is 1.11 bits per heavy atom. The van der Waals surface area contributed by atoms with Crippen LogP contribution in [0.3, 0.4) is 0 Å². The molecule has 0 saturated carbocycles. The number of nitrogens with zero attached hydrogens (tertiary/aromatic N) is 1. The van der Waals surface area contributed by atoms with Gasteiger partial charge in [0.15, 0.2) is 0 Å². The van der Waals surface area contributed by atoms with Crippen molar-refractivity contribution in [1.29, 1.82) is 0 Å². The molecule has 2 nitrogen and oxygen atoms in total. The van der Waals surface area contributed by atoms with Gasteiger partial charge < -0.3 is 10.6 Å². The molecule has 0 spiro atoms. The van der Waals surface area contributed by atoms with Crippen LogP contribution in [0.4, 0.5) is 8.78 Å². The number of hydrogen-bond acceptors (Lipinski definition) is 2. The number of halogens is 2. The number of hydrogen-bond donors (Lipinski definition) is 1. The number of rotatable bonds is 8. The maximum atomic E-state index is 13.1. The highest BCUT2D eigenvalue weighted by atomic mass is 19.1. The van der Waals surface area contributed by atoms with Crippen LogP contribution in [0.25, 0.3) is 0 Å². The van der Waals surface area contributed by atoms with Crippen LogP contribution in [0.1, 0.15) is 44.7 Å². The normalized spacial score (nSPS) is 12.9. The van der Waals surface area contributed by atoms with E-state index in [0.29, 0.717) is 12.0 Å². The highest BCUT2D eigenvalue weighted by Gasteiger charge is 2.11. The molecule has 0 aromatic heterocycles. The zero-order chi connectivity index (χ0) is 14.3. The summed E-state index contributed by atoms with van der Waals surface area (Å²) in [6.07, 6.45) is 3.04. The van der Waals surface area contributed by atoms with Crippen LogP contribution in [0.15, 0.2) is 18.2 Å². The Morgan fingerprint density at radius 3 is 2.26 bits per heavy atom. The molecule has 2 N–H and O–H groups in total. The van der Waals surface area contributed by atoms with E-state index in [1.807, 2.05) is 0 Å². The summed E-state index contributed by atoms with van der Waals surface area (Å²) < 4.78 is 26.2. The van der Waals surface area contributed by atoms with Gasteiger partial charge in [-0.3, -0.25) is 0 Å². The largest absolute Gasteiger partial charge is 0.324 e. The molecule has 1 atom stereocenters. The van der Waals surface area contributed by atoms with Gasteiger partial charge in [-0.2, -0.15) is 0 Å². The van der Waals surface area contributed by atoms with Gasteiger partial charge >= 0.3 is 0 Å². The van der Waals surface area contributed by atoms with Gasteiger partial charge in [0.1, 0.15) is 11.6 Å². The summed E-state index contributed by atoms with van der Waals surface area (Å²) in [7, 11) is 0. The maximum Gasteiger partial charge on any atom is 0.126 e. The summed E-state index contributed by atoms with van der Waals surface area (Å²) in [6, 6.07) is 3.18. The van der Waals surface area contributed by atoms with Crippen LogP contribution in [-0.2, 0) is 0 Å². The molecule has 1 rings (SSSR count). The van der Waals surface area contributed by atoms with Crippen LogP contribution in [0.5, 0.6) is 0 Å². The van der Waals surface area contributed by atoms with Gasteiger partial charge in [-0.25, -0.2) is 8.78 Å². The predicted octanol–water partition coefficient (Wildman–Crippen LogP) is 3.48. The lowest BCUT2D eigenvalue weighted by Gasteiger charge is -2.22. The molecule has 19 heavy (non-hydrogen) atoms. The molecule has 108 valence electrons. The van der Waals surface area contributed by atoms with Crippen LogP contribution in [-0.4, -0.2) is 24.5 Å². The Balaban J connectivity index is 2.51. The third-order valence-electron chi connectivity index (χ3n) is 3.34. The van der Waals surface area contributed by atoms with Crippen molar-refractivity contribution in [1.82, 2.24) is 4.90 Å². The van der Waals surface area contributed by atoms with Gasteiger partial charge in [-0.15, -0.1) is 0 Å². The van der Waals surface area contributed by atoms with Gasteiger partial charge in [-0.05, 0) is 50.2 Å². The van der Waals surface area contributed by atoms with Gasteiger partial charge in [0, 0.05) is 12.1 Å². The first-order chi connectivity index (χ1) is 9.06. The Bertz CT molecular complexity index is 362. The van der Waals surface area contributed by atoms with Gasteiger partial charge in [0.25, 0.3) is 0 Å². The van der Waals surface area contributed by atoms with Crippen molar-refractivity contribution in [3.8, 4) is 0 Å². The standard InChI is InChI=1S/C15H24F2N2/c1-3-5-7-19(4-2)8-6-15(18)12-9-13(16)11-14(17)10-12/h9-11,15H,3-8,18H2,1-2H3. The van der Waals surface area contributed by atoms with E-state index in [-0.39, 0.29) is 6.04 Å². The molecule has 0 radical (unpaired) electrons. The fraction of sp³-hybridized carbons (Fsp3) is 0.600. The van der Waals surface area contributed by atoms with Crippen molar-refractivity contribution < 1.29 is 8.78 Å². The summed E-state index contributed by atoms with van der Waals surface area (Å²) >= 11 is 0. The molecule has 1 aromatic carbocycles. The lowest BCUT2D eigenvalue weighted by molar-refractivity contribution is 0.272. The summed E-state index contributed by atoms with van der Waals surface area (Å²) in [6.45, 7) is 7.16. The van der Waals surface area contributed by atoms with Crippen molar-refractivity contribution in [2.75, 3.05) is 19.6 Å². The Labute approximate surface area is 114 Å². The van der Waals surface area contributed by atoms with E-state index in [9.17, 15) is 8.78 Å². The van der Waals surface area contributed by atoms with Gasteiger partial charge in [-0.1, -0.05) is 20.3 Å². The first-order valence-electron chi connectivity index (χ1n) is 7.00. The first kappa shape index (κ1) is 16.1. The average molecular weight is 270 g/mol. The van der Waals surface area contributed by atoms with E-state index in [2.05, 4.69) is 18.7 Å². The van der Waals surface area contributed by atoms with Crippen LogP contribution in [0, 0.1) is 11.6 Å². The quantitative estimate of drug-likeness (QED) is 0.783.